The Labute approximate surface area is 115 Å². The zero-order valence-electron chi connectivity index (χ0n) is 12.2. The van der Waals surface area contributed by atoms with Gasteiger partial charge in [-0.05, 0) is 38.9 Å². The maximum Gasteiger partial charge on any atom is 0.234 e. The molecule has 1 rings (SSSR count). The summed E-state index contributed by atoms with van der Waals surface area (Å²) in [6, 6.07) is 5.67. The number of aromatic hydroxyl groups is 1. The molecular formula is C15H24N2O2. The molecule has 19 heavy (non-hydrogen) atoms. The monoisotopic (exact) mass is 264 g/mol. The first-order valence-corrected chi connectivity index (χ1v) is 6.79. The van der Waals surface area contributed by atoms with Crippen LogP contribution in [0.1, 0.15) is 37.9 Å². The third-order valence-electron chi connectivity index (χ3n) is 3.31. The minimum atomic E-state index is 0.00760. The lowest BCUT2D eigenvalue weighted by molar-refractivity contribution is -0.122. The number of phenols is 1. The van der Waals surface area contributed by atoms with Gasteiger partial charge in [0.25, 0.3) is 0 Å². The number of hydrogen-bond donors (Lipinski definition) is 2. The molecule has 1 aromatic carbocycles. The van der Waals surface area contributed by atoms with Gasteiger partial charge in [-0.25, -0.2) is 0 Å². The molecule has 0 bridgehead atoms. The number of hydrogen-bond acceptors (Lipinski definition) is 3. The second-order valence-corrected chi connectivity index (χ2v) is 4.75. The van der Waals surface area contributed by atoms with Gasteiger partial charge in [-0.3, -0.25) is 9.69 Å². The molecule has 106 valence electrons. The second kappa shape index (κ2) is 7.14. The van der Waals surface area contributed by atoms with E-state index in [-0.39, 0.29) is 11.9 Å². The Morgan fingerprint density at radius 3 is 2.63 bits per heavy atom. The van der Waals surface area contributed by atoms with E-state index < -0.39 is 0 Å². The minimum absolute atomic E-state index is 0.00760. The third kappa shape index (κ3) is 4.24. The van der Waals surface area contributed by atoms with Crippen LogP contribution in [0.15, 0.2) is 18.2 Å². The number of carbonyl (C=O) groups is 1. The van der Waals surface area contributed by atoms with Crippen LogP contribution >= 0.6 is 0 Å². The van der Waals surface area contributed by atoms with Crippen LogP contribution in [0.4, 0.5) is 0 Å². The summed E-state index contributed by atoms with van der Waals surface area (Å²) >= 11 is 0. The molecule has 1 atom stereocenters. The van der Waals surface area contributed by atoms with E-state index in [2.05, 4.69) is 5.32 Å². The Hall–Kier alpha value is -1.55. The number of amides is 1. The highest BCUT2D eigenvalue weighted by Gasteiger charge is 2.19. The molecule has 0 aliphatic rings. The number of likely N-dealkylation sites (N-methyl/N-ethyl adjacent to an activating group) is 2. The highest BCUT2D eigenvalue weighted by atomic mass is 16.3. The van der Waals surface area contributed by atoms with Gasteiger partial charge in [-0.2, -0.15) is 0 Å². The van der Waals surface area contributed by atoms with E-state index in [1.165, 1.54) is 0 Å². The zero-order chi connectivity index (χ0) is 14.4. The maximum absolute atomic E-state index is 11.7. The number of aryl methyl sites for hydroxylation is 1. The first-order valence-electron chi connectivity index (χ1n) is 6.79. The van der Waals surface area contributed by atoms with Crippen LogP contribution in [0.2, 0.25) is 0 Å². The summed E-state index contributed by atoms with van der Waals surface area (Å²) < 4.78 is 0. The summed E-state index contributed by atoms with van der Waals surface area (Å²) in [5.74, 6) is 0.310. The predicted octanol–water partition coefficient (Wildman–Crippen LogP) is 2.22. The molecule has 0 aromatic heterocycles. The lowest BCUT2D eigenvalue weighted by Crippen LogP contribution is -2.38. The van der Waals surface area contributed by atoms with Gasteiger partial charge < -0.3 is 10.4 Å². The van der Waals surface area contributed by atoms with E-state index in [4.69, 9.17) is 0 Å². The molecule has 0 spiro atoms. The van der Waals surface area contributed by atoms with Gasteiger partial charge in [0.05, 0.1) is 6.54 Å². The van der Waals surface area contributed by atoms with Gasteiger partial charge in [0.15, 0.2) is 0 Å². The molecule has 0 aliphatic carbocycles. The van der Waals surface area contributed by atoms with Crippen LogP contribution in [-0.2, 0) is 4.79 Å². The molecule has 2 N–H and O–H groups in total. The standard InChI is InChI=1S/C15H24N2O2/c1-5-16-15(19)10-17(6-2)12(4)13-8-7-11(3)9-14(13)18/h7-9,12,18H,5-6,10H2,1-4H3,(H,16,19). The highest BCUT2D eigenvalue weighted by molar-refractivity contribution is 5.78. The lowest BCUT2D eigenvalue weighted by Gasteiger charge is -2.28. The molecule has 0 aliphatic heterocycles. The number of rotatable bonds is 6. The van der Waals surface area contributed by atoms with Gasteiger partial charge in [-0.1, -0.05) is 19.1 Å². The van der Waals surface area contributed by atoms with Gasteiger partial charge in [-0.15, -0.1) is 0 Å². The van der Waals surface area contributed by atoms with Crippen LogP contribution in [-0.4, -0.2) is 35.5 Å². The molecule has 0 heterocycles. The first-order chi connectivity index (χ1) is 8.99. The number of nitrogens with one attached hydrogen (secondary N) is 1. The van der Waals surface area contributed by atoms with Crippen molar-refractivity contribution in [3.05, 3.63) is 29.3 Å². The maximum atomic E-state index is 11.7. The summed E-state index contributed by atoms with van der Waals surface area (Å²) in [5, 5.41) is 12.8. The van der Waals surface area contributed by atoms with Gasteiger partial charge in [0.2, 0.25) is 5.91 Å². The fraction of sp³-hybridized carbons (Fsp3) is 0.533. The van der Waals surface area contributed by atoms with Crippen LogP contribution < -0.4 is 5.32 Å². The number of carbonyl (C=O) groups excluding carboxylic acids is 1. The molecule has 1 unspecified atom stereocenters. The topological polar surface area (TPSA) is 52.6 Å². The van der Waals surface area contributed by atoms with Crippen molar-refractivity contribution in [3.63, 3.8) is 0 Å². The van der Waals surface area contributed by atoms with E-state index in [1.807, 2.05) is 44.7 Å². The predicted molar refractivity (Wildman–Crippen MR) is 77.2 cm³/mol. The summed E-state index contributed by atoms with van der Waals surface area (Å²) in [7, 11) is 0. The molecule has 0 saturated heterocycles. The number of phenolic OH excluding ortho intramolecular Hbond substituents is 1. The Kier molecular flexibility index (Phi) is 5.83. The van der Waals surface area contributed by atoms with Crippen LogP contribution in [0.5, 0.6) is 5.75 Å². The van der Waals surface area contributed by atoms with Crippen LogP contribution in [0, 0.1) is 6.92 Å². The molecule has 0 radical (unpaired) electrons. The van der Waals surface area contributed by atoms with Crippen molar-refractivity contribution >= 4 is 5.91 Å². The Balaban J connectivity index is 2.82. The van der Waals surface area contributed by atoms with E-state index in [9.17, 15) is 9.90 Å². The minimum Gasteiger partial charge on any atom is -0.508 e. The van der Waals surface area contributed by atoms with Crippen LogP contribution in [0.25, 0.3) is 0 Å². The fourth-order valence-electron chi connectivity index (χ4n) is 2.16. The average Bonchev–Trinajstić information content (AvgIpc) is 2.35. The highest BCUT2D eigenvalue weighted by Crippen LogP contribution is 2.28. The van der Waals surface area contributed by atoms with Gasteiger partial charge in [0, 0.05) is 18.2 Å². The first kappa shape index (κ1) is 15.5. The molecule has 1 amide bonds. The molecule has 4 heteroatoms. The summed E-state index contributed by atoms with van der Waals surface area (Å²) in [6.45, 7) is 9.61. The lowest BCUT2D eigenvalue weighted by atomic mass is 10.0. The Morgan fingerprint density at radius 2 is 2.11 bits per heavy atom. The van der Waals surface area contributed by atoms with Crippen molar-refractivity contribution in [2.75, 3.05) is 19.6 Å². The molecule has 1 aromatic rings. The molecular weight excluding hydrogens is 240 g/mol. The number of nitrogens with zero attached hydrogens (tertiary/aromatic N) is 1. The van der Waals surface area contributed by atoms with Crippen LogP contribution in [0.3, 0.4) is 0 Å². The molecule has 0 fully saturated rings. The van der Waals surface area contributed by atoms with E-state index in [0.717, 1.165) is 17.7 Å². The van der Waals surface area contributed by atoms with Gasteiger partial charge in [0.1, 0.15) is 5.75 Å². The van der Waals surface area contributed by atoms with Crippen molar-refractivity contribution in [2.24, 2.45) is 0 Å². The summed E-state index contributed by atoms with van der Waals surface area (Å²) in [5.41, 5.74) is 1.89. The van der Waals surface area contributed by atoms with E-state index in [0.29, 0.717) is 18.8 Å². The van der Waals surface area contributed by atoms with E-state index in [1.54, 1.807) is 6.07 Å². The van der Waals surface area contributed by atoms with Gasteiger partial charge >= 0.3 is 0 Å². The fourth-order valence-corrected chi connectivity index (χ4v) is 2.16. The molecule has 4 nitrogen and oxygen atoms in total. The quantitative estimate of drug-likeness (QED) is 0.828. The van der Waals surface area contributed by atoms with Crippen molar-refractivity contribution in [3.8, 4) is 5.75 Å². The zero-order valence-corrected chi connectivity index (χ0v) is 12.2. The normalized spacial score (nSPS) is 12.5. The van der Waals surface area contributed by atoms with Crippen molar-refractivity contribution in [1.82, 2.24) is 10.2 Å². The number of benzene rings is 1. The summed E-state index contributed by atoms with van der Waals surface area (Å²) in [4.78, 5) is 13.7. The Bertz CT molecular complexity index is 432. The van der Waals surface area contributed by atoms with E-state index >= 15 is 0 Å². The SMILES string of the molecule is CCNC(=O)CN(CC)C(C)c1ccc(C)cc1O. The third-order valence-corrected chi connectivity index (χ3v) is 3.31. The summed E-state index contributed by atoms with van der Waals surface area (Å²) in [6.07, 6.45) is 0. The molecule has 0 saturated carbocycles. The largest absolute Gasteiger partial charge is 0.508 e. The van der Waals surface area contributed by atoms with Crippen molar-refractivity contribution in [1.29, 1.82) is 0 Å². The smallest absolute Gasteiger partial charge is 0.234 e. The van der Waals surface area contributed by atoms with Crippen molar-refractivity contribution in [2.45, 2.75) is 33.7 Å². The van der Waals surface area contributed by atoms with Crippen molar-refractivity contribution < 1.29 is 9.90 Å². The Morgan fingerprint density at radius 1 is 1.42 bits per heavy atom. The second-order valence-electron chi connectivity index (χ2n) is 4.75. The average molecular weight is 264 g/mol.